The zero-order chi connectivity index (χ0) is 14.3. The maximum atomic E-state index is 13.7. The number of imidazole rings is 1. The first-order valence-electron chi connectivity index (χ1n) is 5.89. The minimum atomic E-state index is -0.251. The van der Waals surface area contributed by atoms with Gasteiger partial charge in [-0.1, -0.05) is 11.6 Å². The Labute approximate surface area is 137 Å². The monoisotopic (exact) mass is 421 g/mol. The zero-order valence-corrected chi connectivity index (χ0v) is 14.0. The molecule has 7 heteroatoms. The van der Waals surface area contributed by atoms with Crippen molar-refractivity contribution in [2.75, 3.05) is 5.73 Å². The van der Waals surface area contributed by atoms with E-state index in [9.17, 15) is 4.39 Å². The van der Waals surface area contributed by atoms with Crippen LogP contribution in [0.5, 0.6) is 0 Å². The predicted octanol–water partition coefficient (Wildman–Crippen LogP) is 4.32. The molecule has 0 unspecified atom stereocenters. The van der Waals surface area contributed by atoms with Crippen LogP contribution in [-0.2, 0) is 13.0 Å². The van der Waals surface area contributed by atoms with Gasteiger partial charge in [0.05, 0.1) is 18.9 Å². The lowest BCUT2D eigenvalue weighted by Crippen LogP contribution is -2.05. The van der Waals surface area contributed by atoms with Crippen LogP contribution in [-0.4, -0.2) is 9.55 Å². The molecule has 2 heterocycles. The lowest BCUT2D eigenvalue weighted by molar-refractivity contribution is 0.620. The summed E-state index contributed by atoms with van der Waals surface area (Å²) in [5, 5.41) is 0. The Morgan fingerprint density at radius 1 is 1.40 bits per heavy atom. The molecule has 3 aromatic rings. The number of fused-ring (bicyclic) bond motifs is 1. The van der Waals surface area contributed by atoms with Gasteiger partial charge < -0.3 is 10.3 Å². The molecule has 104 valence electrons. The molecular weight excluding hydrogens is 412 g/mol. The molecular formula is C13H10ClFIN3S. The van der Waals surface area contributed by atoms with E-state index in [1.807, 2.05) is 39.3 Å². The molecule has 1 aromatic carbocycles. The average molecular weight is 422 g/mol. The first-order chi connectivity index (χ1) is 9.54. The second-order valence-corrected chi connectivity index (χ2v) is 7.29. The molecule has 3 nitrogen and oxygen atoms in total. The summed E-state index contributed by atoms with van der Waals surface area (Å²) in [5.74, 6) is 0.155. The van der Waals surface area contributed by atoms with Crippen LogP contribution in [0, 0.1) is 9.39 Å². The number of nitrogens with two attached hydrogens (primary N) is 1. The maximum Gasteiger partial charge on any atom is 0.201 e. The Hall–Kier alpha value is -0.860. The van der Waals surface area contributed by atoms with Crippen LogP contribution in [0.25, 0.3) is 11.0 Å². The summed E-state index contributed by atoms with van der Waals surface area (Å²) in [4.78, 5) is 5.45. The molecule has 0 amide bonds. The highest BCUT2D eigenvalue weighted by Gasteiger charge is 2.12. The Balaban J connectivity index is 1.94. The maximum absolute atomic E-state index is 13.7. The molecule has 0 saturated heterocycles. The molecule has 0 bridgehead atoms. The van der Waals surface area contributed by atoms with Crippen LogP contribution in [0.1, 0.15) is 4.88 Å². The van der Waals surface area contributed by atoms with Crippen molar-refractivity contribution in [1.82, 2.24) is 9.55 Å². The summed E-state index contributed by atoms with van der Waals surface area (Å²) in [6, 6.07) is 7.06. The fourth-order valence-electron chi connectivity index (χ4n) is 2.08. The van der Waals surface area contributed by atoms with Crippen molar-refractivity contribution in [2.24, 2.45) is 0 Å². The smallest absolute Gasteiger partial charge is 0.201 e. The van der Waals surface area contributed by atoms with Gasteiger partial charge in [0, 0.05) is 17.5 Å². The Kier molecular flexibility index (Phi) is 3.87. The standard InChI is InChI=1S/C13H10ClFIN3S/c14-12-2-1-7(20-12)3-4-19-11-5-8(15)9(16)6-10(11)18-13(19)17/h1-2,5-6H,3-4H2,(H2,17,18). The van der Waals surface area contributed by atoms with E-state index in [1.165, 1.54) is 10.9 Å². The van der Waals surface area contributed by atoms with Gasteiger partial charge in [-0.25, -0.2) is 9.37 Å². The van der Waals surface area contributed by atoms with Gasteiger partial charge in [0.15, 0.2) is 0 Å². The van der Waals surface area contributed by atoms with E-state index in [0.29, 0.717) is 16.1 Å². The SMILES string of the molecule is Nc1nc2cc(I)c(F)cc2n1CCc1ccc(Cl)s1. The van der Waals surface area contributed by atoms with Gasteiger partial charge in [-0.15, -0.1) is 11.3 Å². The van der Waals surface area contributed by atoms with E-state index in [1.54, 1.807) is 17.4 Å². The van der Waals surface area contributed by atoms with E-state index in [-0.39, 0.29) is 5.82 Å². The number of thiophene rings is 1. The third kappa shape index (κ3) is 2.64. The summed E-state index contributed by atoms with van der Waals surface area (Å²) in [7, 11) is 0. The molecule has 0 aliphatic carbocycles. The first-order valence-corrected chi connectivity index (χ1v) is 8.17. The summed E-state index contributed by atoms with van der Waals surface area (Å²) in [6.45, 7) is 0.652. The fourth-order valence-corrected chi connectivity index (χ4v) is 3.61. The molecule has 0 aliphatic rings. The van der Waals surface area contributed by atoms with Crippen LogP contribution in [0.4, 0.5) is 10.3 Å². The van der Waals surface area contributed by atoms with Crippen LogP contribution >= 0.6 is 45.5 Å². The highest BCUT2D eigenvalue weighted by molar-refractivity contribution is 14.1. The van der Waals surface area contributed by atoms with Crippen LogP contribution in [0.3, 0.4) is 0 Å². The number of hydrogen-bond acceptors (Lipinski definition) is 3. The lowest BCUT2D eigenvalue weighted by Gasteiger charge is -2.05. The molecule has 0 spiro atoms. The van der Waals surface area contributed by atoms with E-state index in [0.717, 1.165) is 21.8 Å². The van der Waals surface area contributed by atoms with Gasteiger partial charge in [0.25, 0.3) is 0 Å². The molecule has 0 radical (unpaired) electrons. The van der Waals surface area contributed by atoms with Gasteiger partial charge in [-0.05, 0) is 47.2 Å². The van der Waals surface area contributed by atoms with Gasteiger partial charge in [0.2, 0.25) is 5.95 Å². The van der Waals surface area contributed by atoms with Gasteiger partial charge in [0.1, 0.15) is 5.82 Å². The van der Waals surface area contributed by atoms with E-state index in [2.05, 4.69) is 4.98 Å². The van der Waals surface area contributed by atoms with Crippen molar-refractivity contribution in [3.63, 3.8) is 0 Å². The fraction of sp³-hybridized carbons (Fsp3) is 0.154. The second-order valence-electron chi connectivity index (χ2n) is 4.33. The number of rotatable bonds is 3. The number of nitrogens with zero attached hydrogens (tertiary/aromatic N) is 2. The first kappa shape index (κ1) is 14.1. The van der Waals surface area contributed by atoms with E-state index < -0.39 is 0 Å². The van der Waals surface area contributed by atoms with Crippen molar-refractivity contribution in [2.45, 2.75) is 13.0 Å². The number of hydrogen-bond donors (Lipinski definition) is 1. The minimum Gasteiger partial charge on any atom is -0.369 e. The number of benzene rings is 1. The highest BCUT2D eigenvalue weighted by Crippen LogP contribution is 2.25. The predicted molar refractivity (Wildman–Crippen MR) is 89.9 cm³/mol. The quantitative estimate of drug-likeness (QED) is 0.640. The number of aromatic nitrogens is 2. The molecule has 3 rings (SSSR count). The van der Waals surface area contributed by atoms with Gasteiger partial charge in [-0.3, -0.25) is 0 Å². The summed E-state index contributed by atoms with van der Waals surface area (Å²) in [5.41, 5.74) is 7.37. The topological polar surface area (TPSA) is 43.8 Å². The van der Waals surface area contributed by atoms with E-state index >= 15 is 0 Å². The highest BCUT2D eigenvalue weighted by atomic mass is 127. The Morgan fingerprint density at radius 3 is 2.90 bits per heavy atom. The third-order valence-corrected chi connectivity index (χ3v) is 5.15. The molecule has 0 saturated carbocycles. The number of anilines is 1. The van der Waals surface area contributed by atoms with Gasteiger partial charge in [-0.2, -0.15) is 0 Å². The second kappa shape index (κ2) is 5.50. The average Bonchev–Trinajstić information content (AvgIpc) is 2.92. The summed E-state index contributed by atoms with van der Waals surface area (Å²) < 4.78 is 16.8. The third-order valence-electron chi connectivity index (χ3n) is 3.03. The molecule has 0 fully saturated rings. The molecule has 20 heavy (non-hydrogen) atoms. The summed E-state index contributed by atoms with van der Waals surface area (Å²) in [6.07, 6.45) is 0.792. The minimum absolute atomic E-state index is 0.251. The lowest BCUT2D eigenvalue weighted by atomic mass is 10.3. The van der Waals surface area contributed by atoms with Crippen LogP contribution in [0.15, 0.2) is 24.3 Å². The number of aryl methyl sites for hydroxylation is 2. The Morgan fingerprint density at radius 2 is 2.20 bits per heavy atom. The number of nitrogen functional groups attached to an aromatic ring is 1. The van der Waals surface area contributed by atoms with Crippen molar-refractivity contribution < 1.29 is 4.39 Å². The largest absolute Gasteiger partial charge is 0.369 e. The molecule has 2 N–H and O–H groups in total. The Bertz CT molecular complexity index is 783. The molecule has 0 aliphatic heterocycles. The van der Waals surface area contributed by atoms with Crippen molar-refractivity contribution in [1.29, 1.82) is 0 Å². The zero-order valence-electron chi connectivity index (χ0n) is 10.2. The number of halogens is 3. The molecule has 2 aromatic heterocycles. The van der Waals surface area contributed by atoms with Crippen molar-refractivity contribution in [3.8, 4) is 0 Å². The van der Waals surface area contributed by atoms with E-state index in [4.69, 9.17) is 17.3 Å². The van der Waals surface area contributed by atoms with Crippen molar-refractivity contribution in [3.05, 3.63) is 42.9 Å². The van der Waals surface area contributed by atoms with Crippen LogP contribution in [0.2, 0.25) is 4.34 Å². The molecule has 0 atom stereocenters. The summed E-state index contributed by atoms with van der Waals surface area (Å²) >= 11 is 9.40. The van der Waals surface area contributed by atoms with Gasteiger partial charge >= 0.3 is 0 Å². The van der Waals surface area contributed by atoms with Crippen LogP contribution < -0.4 is 5.73 Å². The normalized spacial score (nSPS) is 11.3. The van der Waals surface area contributed by atoms with Crippen molar-refractivity contribution >= 4 is 62.5 Å².